The Morgan fingerprint density at radius 1 is 1.24 bits per heavy atom. The maximum Gasteiger partial charge on any atom is 0.265 e. The number of rotatable bonds is 4. The Bertz CT molecular complexity index is 643. The predicted molar refractivity (Wildman–Crippen MR) is 94.1 cm³/mol. The van der Waals surface area contributed by atoms with Crippen molar-refractivity contribution in [3.63, 3.8) is 0 Å². The summed E-state index contributed by atoms with van der Waals surface area (Å²) in [4.78, 5) is 12.1. The molecule has 1 amide bonds. The normalized spacial score (nSPS) is 11.8. The van der Waals surface area contributed by atoms with E-state index in [0.29, 0.717) is 16.5 Å². The fourth-order valence-electron chi connectivity index (χ4n) is 1.70. The fourth-order valence-corrected chi connectivity index (χ4v) is 2.60. The number of carbonyl (C=O) groups excluding carboxylic acids is 1. The summed E-state index contributed by atoms with van der Waals surface area (Å²) in [6, 6.07) is 13.0. The third-order valence-electron chi connectivity index (χ3n) is 2.89. The fraction of sp³-hybridized carbons (Fsp3) is 0.188. The van der Waals surface area contributed by atoms with Crippen LogP contribution in [0.15, 0.2) is 42.5 Å². The van der Waals surface area contributed by atoms with Crippen molar-refractivity contribution in [2.75, 3.05) is 5.32 Å². The summed E-state index contributed by atoms with van der Waals surface area (Å²) in [7, 11) is 0. The highest BCUT2D eigenvalue weighted by Gasteiger charge is 2.16. The number of carbonyl (C=O) groups is 1. The molecule has 2 aromatic rings. The van der Waals surface area contributed by atoms with Gasteiger partial charge in [-0.1, -0.05) is 29.3 Å². The number of benzene rings is 2. The lowest BCUT2D eigenvalue weighted by molar-refractivity contribution is -0.122. The highest BCUT2D eigenvalue weighted by Crippen LogP contribution is 2.24. The smallest absolute Gasteiger partial charge is 0.265 e. The minimum absolute atomic E-state index is 0.237. The van der Waals surface area contributed by atoms with Crippen LogP contribution < -0.4 is 10.1 Å². The summed E-state index contributed by atoms with van der Waals surface area (Å²) >= 11 is 8.26. The van der Waals surface area contributed by atoms with E-state index in [1.807, 2.05) is 37.3 Å². The van der Waals surface area contributed by atoms with Crippen molar-refractivity contribution in [1.29, 1.82) is 0 Å². The highest BCUT2D eigenvalue weighted by atomic mass is 127. The van der Waals surface area contributed by atoms with Gasteiger partial charge in [0.15, 0.2) is 6.10 Å². The van der Waals surface area contributed by atoms with E-state index in [1.165, 1.54) is 0 Å². The molecule has 110 valence electrons. The Morgan fingerprint density at radius 3 is 2.52 bits per heavy atom. The molecule has 5 heteroatoms. The first kappa shape index (κ1) is 16.1. The van der Waals surface area contributed by atoms with Crippen molar-refractivity contribution < 1.29 is 9.53 Å². The molecule has 0 spiro atoms. The first-order chi connectivity index (χ1) is 9.95. The molecular weight excluding hydrogens is 401 g/mol. The van der Waals surface area contributed by atoms with Gasteiger partial charge in [-0.15, -0.1) is 0 Å². The van der Waals surface area contributed by atoms with Gasteiger partial charge in [-0.25, -0.2) is 0 Å². The molecule has 1 atom stereocenters. The van der Waals surface area contributed by atoms with Gasteiger partial charge in [-0.05, 0) is 66.8 Å². The molecule has 0 heterocycles. The van der Waals surface area contributed by atoms with E-state index in [-0.39, 0.29) is 5.91 Å². The van der Waals surface area contributed by atoms with Crippen LogP contribution in [0.4, 0.5) is 5.69 Å². The molecule has 21 heavy (non-hydrogen) atoms. The van der Waals surface area contributed by atoms with Crippen LogP contribution >= 0.6 is 34.2 Å². The van der Waals surface area contributed by atoms with E-state index in [0.717, 1.165) is 9.13 Å². The first-order valence-electron chi connectivity index (χ1n) is 6.45. The van der Waals surface area contributed by atoms with Crippen molar-refractivity contribution in [2.24, 2.45) is 0 Å². The van der Waals surface area contributed by atoms with Gasteiger partial charge in [-0.3, -0.25) is 4.79 Å². The largest absolute Gasteiger partial charge is 0.481 e. The molecule has 3 nitrogen and oxygen atoms in total. The first-order valence-corrected chi connectivity index (χ1v) is 7.90. The summed E-state index contributed by atoms with van der Waals surface area (Å²) in [5.74, 6) is 0.427. The van der Waals surface area contributed by atoms with Gasteiger partial charge < -0.3 is 10.1 Å². The SMILES string of the molecule is Cc1ccc(OC(C)C(=O)Nc2ccc(I)cc2Cl)cc1. The summed E-state index contributed by atoms with van der Waals surface area (Å²) in [6.45, 7) is 3.70. The molecule has 0 saturated carbocycles. The zero-order chi connectivity index (χ0) is 15.4. The maximum atomic E-state index is 12.1. The molecule has 0 saturated heterocycles. The molecule has 0 radical (unpaired) electrons. The lowest BCUT2D eigenvalue weighted by Crippen LogP contribution is -2.30. The van der Waals surface area contributed by atoms with Gasteiger partial charge in [0, 0.05) is 3.57 Å². The van der Waals surface area contributed by atoms with Gasteiger partial charge in [0.2, 0.25) is 0 Å². The lowest BCUT2D eigenvalue weighted by Gasteiger charge is -2.15. The average molecular weight is 416 g/mol. The Labute approximate surface area is 142 Å². The van der Waals surface area contributed by atoms with Crippen LogP contribution in [0.3, 0.4) is 0 Å². The van der Waals surface area contributed by atoms with Crippen LogP contribution in [0.2, 0.25) is 5.02 Å². The number of hydrogen-bond acceptors (Lipinski definition) is 2. The Balaban J connectivity index is 2.00. The van der Waals surface area contributed by atoms with Crippen molar-refractivity contribution in [1.82, 2.24) is 0 Å². The number of anilines is 1. The number of nitrogens with one attached hydrogen (secondary N) is 1. The second-order valence-electron chi connectivity index (χ2n) is 4.69. The zero-order valence-electron chi connectivity index (χ0n) is 11.7. The van der Waals surface area contributed by atoms with Crippen LogP contribution in [0.5, 0.6) is 5.75 Å². The third-order valence-corrected chi connectivity index (χ3v) is 3.88. The second-order valence-corrected chi connectivity index (χ2v) is 6.34. The van der Waals surface area contributed by atoms with Crippen molar-refractivity contribution >= 4 is 45.8 Å². The van der Waals surface area contributed by atoms with E-state index >= 15 is 0 Å². The van der Waals surface area contributed by atoms with Crippen molar-refractivity contribution in [3.8, 4) is 5.75 Å². The Morgan fingerprint density at radius 2 is 1.90 bits per heavy atom. The molecule has 0 fully saturated rings. The van der Waals surface area contributed by atoms with Gasteiger partial charge >= 0.3 is 0 Å². The molecule has 0 aliphatic heterocycles. The van der Waals surface area contributed by atoms with E-state index in [1.54, 1.807) is 19.1 Å². The summed E-state index contributed by atoms with van der Waals surface area (Å²) in [6.07, 6.45) is -0.608. The second kappa shape index (κ2) is 7.13. The minimum Gasteiger partial charge on any atom is -0.481 e. The summed E-state index contributed by atoms with van der Waals surface area (Å²) < 4.78 is 6.62. The number of aryl methyl sites for hydroxylation is 1. The highest BCUT2D eigenvalue weighted by molar-refractivity contribution is 14.1. The van der Waals surface area contributed by atoms with Crippen molar-refractivity contribution in [3.05, 3.63) is 56.6 Å². The van der Waals surface area contributed by atoms with Gasteiger partial charge in [0.25, 0.3) is 5.91 Å². The zero-order valence-corrected chi connectivity index (χ0v) is 14.6. The molecule has 2 aromatic carbocycles. The Kier molecular flexibility index (Phi) is 5.47. The molecule has 1 unspecified atom stereocenters. The van der Waals surface area contributed by atoms with Crippen LogP contribution in [0, 0.1) is 10.5 Å². The van der Waals surface area contributed by atoms with Crippen LogP contribution in [0.25, 0.3) is 0 Å². The van der Waals surface area contributed by atoms with Crippen molar-refractivity contribution in [2.45, 2.75) is 20.0 Å². The quantitative estimate of drug-likeness (QED) is 0.738. The molecule has 0 aliphatic rings. The summed E-state index contributed by atoms with van der Waals surface area (Å²) in [5, 5.41) is 3.28. The van der Waals surface area contributed by atoms with Gasteiger partial charge in [0.1, 0.15) is 5.75 Å². The number of ether oxygens (including phenoxy) is 1. The number of halogens is 2. The van der Waals surface area contributed by atoms with E-state index in [9.17, 15) is 4.79 Å². The van der Waals surface area contributed by atoms with Crippen LogP contribution in [-0.2, 0) is 4.79 Å². The minimum atomic E-state index is -0.608. The van der Waals surface area contributed by atoms with Gasteiger partial charge in [-0.2, -0.15) is 0 Å². The van der Waals surface area contributed by atoms with E-state index in [4.69, 9.17) is 16.3 Å². The average Bonchev–Trinajstić information content (AvgIpc) is 2.44. The topological polar surface area (TPSA) is 38.3 Å². The monoisotopic (exact) mass is 415 g/mol. The number of hydrogen-bond donors (Lipinski definition) is 1. The van der Waals surface area contributed by atoms with E-state index in [2.05, 4.69) is 27.9 Å². The summed E-state index contributed by atoms with van der Waals surface area (Å²) in [5.41, 5.74) is 1.73. The maximum absolute atomic E-state index is 12.1. The van der Waals surface area contributed by atoms with Gasteiger partial charge in [0.05, 0.1) is 10.7 Å². The Hall–Kier alpha value is -1.27. The number of amides is 1. The molecule has 2 rings (SSSR count). The van der Waals surface area contributed by atoms with Crippen LogP contribution in [-0.4, -0.2) is 12.0 Å². The molecule has 0 bridgehead atoms. The standard InChI is InChI=1S/C16H15ClINO2/c1-10-3-6-13(7-4-10)21-11(2)16(20)19-15-8-5-12(18)9-14(15)17/h3-9,11H,1-2H3,(H,19,20). The molecule has 1 N–H and O–H groups in total. The molecular formula is C16H15ClINO2. The predicted octanol–water partition coefficient (Wildman–Crippen LogP) is 4.66. The lowest BCUT2D eigenvalue weighted by atomic mass is 10.2. The third kappa shape index (κ3) is 4.61. The van der Waals surface area contributed by atoms with E-state index < -0.39 is 6.10 Å². The molecule has 0 aromatic heterocycles. The molecule has 0 aliphatic carbocycles. The van der Waals surface area contributed by atoms with Crippen LogP contribution in [0.1, 0.15) is 12.5 Å².